The van der Waals surface area contributed by atoms with Crippen molar-refractivity contribution in [2.24, 2.45) is 18.0 Å². The van der Waals surface area contributed by atoms with Gasteiger partial charge in [-0.2, -0.15) is 5.10 Å². The Bertz CT molecular complexity index is 554. The van der Waals surface area contributed by atoms with E-state index < -0.39 is 0 Å². The summed E-state index contributed by atoms with van der Waals surface area (Å²) in [5, 5.41) is 5.76. The van der Waals surface area contributed by atoms with E-state index in [0.29, 0.717) is 6.61 Å². The number of thiazole rings is 1. The lowest BCUT2D eigenvalue weighted by Gasteiger charge is -2.05. The van der Waals surface area contributed by atoms with Crippen LogP contribution >= 0.6 is 11.3 Å². The monoisotopic (exact) mass is 249 g/mol. The van der Waals surface area contributed by atoms with Crippen LogP contribution in [0.25, 0.3) is 11.3 Å². The van der Waals surface area contributed by atoms with Gasteiger partial charge in [-0.05, 0) is 36.8 Å². The van der Waals surface area contributed by atoms with Crippen molar-refractivity contribution in [1.29, 1.82) is 0 Å². The van der Waals surface area contributed by atoms with Gasteiger partial charge in [0.2, 0.25) is 4.80 Å². The molecule has 0 radical (unpaired) electrons. The van der Waals surface area contributed by atoms with Gasteiger partial charge < -0.3 is 15.1 Å². The zero-order valence-electron chi connectivity index (χ0n) is 9.88. The molecule has 0 aliphatic carbocycles. The Morgan fingerprint density at radius 3 is 2.59 bits per heavy atom. The first-order valence-electron chi connectivity index (χ1n) is 5.38. The largest absolute Gasteiger partial charge is 0.494 e. The molecular weight excluding hydrogens is 234 g/mol. The van der Waals surface area contributed by atoms with Gasteiger partial charge in [-0.3, -0.25) is 0 Å². The summed E-state index contributed by atoms with van der Waals surface area (Å²) in [5.74, 6) is 6.19. The van der Waals surface area contributed by atoms with E-state index in [9.17, 15) is 0 Å². The Labute approximate surface area is 104 Å². The van der Waals surface area contributed by atoms with E-state index in [1.54, 1.807) is 0 Å². The lowest BCUT2D eigenvalue weighted by atomic mass is 10.1. The van der Waals surface area contributed by atoms with Crippen LogP contribution in [0.3, 0.4) is 0 Å². The number of hydrogen-bond donors (Lipinski definition) is 1. The smallest absolute Gasteiger partial charge is 0.207 e. The standard InChI is InChI=1S/C12H15N3OS/c1-3-16-10-6-4-9(5-7-10)11-8-17-12(14-13)15(11)2/h4-8H,3,13H2,1-2H3. The fourth-order valence-electron chi connectivity index (χ4n) is 1.64. The lowest BCUT2D eigenvalue weighted by Crippen LogP contribution is -2.13. The molecule has 0 aliphatic heterocycles. The fourth-order valence-corrected chi connectivity index (χ4v) is 2.47. The third-order valence-electron chi connectivity index (χ3n) is 2.50. The third kappa shape index (κ3) is 2.34. The molecule has 4 nitrogen and oxygen atoms in total. The molecule has 0 amide bonds. The molecule has 2 aromatic rings. The van der Waals surface area contributed by atoms with Crippen LogP contribution in [0, 0.1) is 0 Å². The first-order chi connectivity index (χ1) is 8.26. The van der Waals surface area contributed by atoms with Crippen molar-refractivity contribution >= 4 is 11.3 Å². The molecule has 1 aromatic heterocycles. The van der Waals surface area contributed by atoms with Crippen molar-refractivity contribution in [2.75, 3.05) is 6.61 Å². The number of nitrogens with two attached hydrogens (primary N) is 1. The van der Waals surface area contributed by atoms with Crippen molar-refractivity contribution in [3.05, 3.63) is 34.4 Å². The Balaban J connectivity index is 2.36. The van der Waals surface area contributed by atoms with Crippen molar-refractivity contribution in [2.45, 2.75) is 6.92 Å². The zero-order valence-corrected chi connectivity index (χ0v) is 10.7. The second kappa shape index (κ2) is 5.05. The zero-order chi connectivity index (χ0) is 12.3. The van der Waals surface area contributed by atoms with Crippen LogP contribution in [0.1, 0.15) is 6.92 Å². The molecule has 0 saturated heterocycles. The highest BCUT2D eigenvalue weighted by Gasteiger charge is 2.04. The summed E-state index contributed by atoms with van der Waals surface area (Å²) in [7, 11) is 1.95. The molecule has 0 unspecified atom stereocenters. The van der Waals surface area contributed by atoms with Gasteiger partial charge in [0, 0.05) is 12.4 Å². The van der Waals surface area contributed by atoms with Crippen molar-refractivity contribution in [3.8, 4) is 17.0 Å². The van der Waals surface area contributed by atoms with Gasteiger partial charge in [0.1, 0.15) is 5.75 Å². The Hall–Kier alpha value is -1.75. The summed E-state index contributed by atoms with van der Waals surface area (Å²) in [5.41, 5.74) is 2.23. The molecule has 0 atom stereocenters. The summed E-state index contributed by atoms with van der Waals surface area (Å²) in [4.78, 5) is 0.800. The summed E-state index contributed by atoms with van der Waals surface area (Å²) in [6, 6.07) is 8.01. The van der Waals surface area contributed by atoms with E-state index in [2.05, 4.69) is 5.10 Å². The topological polar surface area (TPSA) is 52.5 Å². The van der Waals surface area contributed by atoms with Crippen molar-refractivity contribution in [1.82, 2.24) is 4.57 Å². The molecule has 1 aromatic carbocycles. The van der Waals surface area contributed by atoms with Crippen LogP contribution in [0.2, 0.25) is 0 Å². The van der Waals surface area contributed by atoms with Gasteiger partial charge in [-0.15, -0.1) is 11.3 Å². The van der Waals surface area contributed by atoms with E-state index in [4.69, 9.17) is 10.6 Å². The van der Waals surface area contributed by atoms with Crippen LogP contribution in [0.5, 0.6) is 5.75 Å². The quantitative estimate of drug-likeness (QED) is 0.667. The van der Waals surface area contributed by atoms with Gasteiger partial charge in [0.15, 0.2) is 0 Å². The van der Waals surface area contributed by atoms with Crippen molar-refractivity contribution < 1.29 is 4.74 Å². The average molecular weight is 249 g/mol. The number of benzene rings is 1. The predicted molar refractivity (Wildman–Crippen MR) is 69.6 cm³/mol. The third-order valence-corrected chi connectivity index (χ3v) is 3.43. The summed E-state index contributed by atoms with van der Waals surface area (Å²) < 4.78 is 7.38. The normalized spacial score (nSPS) is 11.8. The molecule has 90 valence electrons. The van der Waals surface area contributed by atoms with E-state index in [1.165, 1.54) is 11.3 Å². The fraction of sp³-hybridized carbons (Fsp3) is 0.250. The Morgan fingerprint density at radius 1 is 1.35 bits per heavy atom. The number of ether oxygens (including phenoxy) is 1. The van der Waals surface area contributed by atoms with Crippen LogP contribution in [0.4, 0.5) is 0 Å². The van der Waals surface area contributed by atoms with Crippen LogP contribution in [-0.2, 0) is 7.05 Å². The van der Waals surface area contributed by atoms with E-state index in [-0.39, 0.29) is 0 Å². The van der Waals surface area contributed by atoms with Crippen molar-refractivity contribution in [3.63, 3.8) is 0 Å². The molecule has 0 aliphatic rings. The average Bonchev–Trinajstić information content (AvgIpc) is 2.72. The first kappa shape index (κ1) is 11.7. The SMILES string of the molecule is CCOc1ccc(-c2csc(=NN)n2C)cc1. The van der Waals surface area contributed by atoms with Gasteiger partial charge in [0.05, 0.1) is 12.3 Å². The van der Waals surface area contributed by atoms with E-state index >= 15 is 0 Å². The number of nitrogens with zero attached hydrogens (tertiary/aromatic N) is 2. The Morgan fingerprint density at radius 2 is 2.06 bits per heavy atom. The number of rotatable bonds is 3. The highest BCUT2D eigenvalue weighted by atomic mass is 32.1. The lowest BCUT2D eigenvalue weighted by molar-refractivity contribution is 0.340. The number of aromatic nitrogens is 1. The van der Waals surface area contributed by atoms with Crippen LogP contribution in [0.15, 0.2) is 34.7 Å². The minimum atomic E-state index is 0.682. The highest BCUT2D eigenvalue weighted by Crippen LogP contribution is 2.22. The summed E-state index contributed by atoms with van der Waals surface area (Å²) >= 11 is 1.53. The Kier molecular flexibility index (Phi) is 3.49. The van der Waals surface area contributed by atoms with Crippen LogP contribution in [-0.4, -0.2) is 11.2 Å². The predicted octanol–water partition coefficient (Wildman–Crippen LogP) is 1.93. The molecule has 0 bridgehead atoms. The second-order valence-corrected chi connectivity index (χ2v) is 4.39. The van der Waals surface area contributed by atoms with Gasteiger partial charge in [0.25, 0.3) is 0 Å². The molecule has 2 N–H and O–H groups in total. The molecule has 17 heavy (non-hydrogen) atoms. The first-order valence-corrected chi connectivity index (χ1v) is 6.26. The highest BCUT2D eigenvalue weighted by molar-refractivity contribution is 7.07. The maximum atomic E-state index is 5.41. The minimum absolute atomic E-state index is 0.682. The van der Waals surface area contributed by atoms with Gasteiger partial charge >= 0.3 is 0 Å². The molecule has 2 rings (SSSR count). The maximum absolute atomic E-state index is 5.41. The molecule has 5 heteroatoms. The summed E-state index contributed by atoms with van der Waals surface area (Å²) in [6.07, 6.45) is 0. The second-order valence-electron chi connectivity index (χ2n) is 3.55. The van der Waals surface area contributed by atoms with E-state index in [0.717, 1.165) is 21.8 Å². The van der Waals surface area contributed by atoms with E-state index in [1.807, 2.05) is 48.2 Å². The molecule has 1 heterocycles. The van der Waals surface area contributed by atoms with Gasteiger partial charge in [-0.25, -0.2) is 0 Å². The molecule has 0 fully saturated rings. The number of hydrogen-bond acceptors (Lipinski definition) is 4. The summed E-state index contributed by atoms with van der Waals surface area (Å²) in [6.45, 7) is 2.66. The van der Waals surface area contributed by atoms with Crippen LogP contribution < -0.4 is 15.4 Å². The molecule has 0 spiro atoms. The maximum Gasteiger partial charge on any atom is 0.207 e. The molecule has 0 saturated carbocycles. The molecular formula is C12H15N3OS. The van der Waals surface area contributed by atoms with Gasteiger partial charge in [-0.1, -0.05) is 0 Å². The minimum Gasteiger partial charge on any atom is -0.494 e.